The summed E-state index contributed by atoms with van der Waals surface area (Å²) < 4.78 is 41.2. The predicted molar refractivity (Wildman–Crippen MR) is 65.5 cm³/mol. The first-order chi connectivity index (χ1) is 8.28. The van der Waals surface area contributed by atoms with Crippen LogP contribution in [0.25, 0.3) is 0 Å². The fourth-order valence-electron chi connectivity index (χ4n) is 2.22. The van der Waals surface area contributed by atoms with Gasteiger partial charge in [-0.2, -0.15) is 13.2 Å². The van der Waals surface area contributed by atoms with Gasteiger partial charge in [-0.25, -0.2) is 0 Å². The Morgan fingerprint density at radius 1 is 1.22 bits per heavy atom. The van der Waals surface area contributed by atoms with Crippen molar-refractivity contribution in [2.45, 2.75) is 70.8 Å². The Hall–Kier alpha value is -0.290. The Kier molecular flexibility index (Phi) is 5.92. The van der Waals surface area contributed by atoms with Crippen molar-refractivity contribution in [2.75, 3.05) is 6.61 Å². The quantitative estimate of drug-likeness (QED) is 0.823. The van der Waals surface area contributed by atoms with Gasteiger partial charge >= 0.3 is 6.18 Å². The number of alkyl halides is 3. The average Bonchev–Trinajstić information content (AvgIpc) is 2.26. The highest BCUT2D eigenvalue weighted by Gasteiger charge is 2.31. The SMILES string of the molecule is CC(C)C(C)NC1CCCC(OCC(F)(F)F)C1. The largest absolute Gasteiger partial charge is 0.411 e. The third-order valence-corrected chi connectivity index (χ3v) is 3.61. The number of hydrogen-bond donors (Lipinski definition) is 1. The van der Waals surface area contributed by atoms with Crippen LogP contribution in [0.4, 0.5) is 13.2 Å². The minimum absolute atomic E-state index is 0.253. The van der Waals surface area contributed by atoms with E-state index in [0.29, 0.717) is 18.4 Å². The minimum atomic E-state index is -4.22. The molecule has 3 unspecified atom stereocenters. The first-order valence-electron chi connectivity index (χ1n) is 6.72. The molecule has 3 atom stereocenters. The normalized spacial score (nSPS) is 27.5. The standard InChI is InChI=1S/C13H24F3NO/c1-9(2)10(3)17-11-5-4-6-12(7-11)18-8-13(14,15)16/h9-12,17H,4-8H2,1-3H3. The molecule has 18 heavy (non-hydrogen) atoms. The van der Waals surface area contributed by atoms with Crippen molar-refractivity contribution in [1.29, 1.82) is 0 Å². The lowest BCUT2D eigenvalue weighted by Gasteiger charge is -2.33. The molecule has 0 aromatic rings. The third-order valence-electron chi connectivity index (χ3n) is 3.61. The summed E-state index contributed by atoms with van der Waals surface area (Å²) in [5.41, 5.74) is 0. The number of nitrogens with one attached hydrogen (secondary N) is 1. The fourth-order valence-corrected chi connectivity index (χ4v) is 2.22. The van der Waals surface area contributed by atoms with E-state index in [4.69, 9.17) is 4.74 Å². The van der Waals surface area contributed by atoms with Crippen molar-refractivity contribution in [2.24, 2.45) is 5.92 Å². The highest BCUT2D eigenvalue weighted by Crippen LogP contribution is 2.24. The maximum Gasteiger partial charge on any atom is 0.411 e. The van der Waals surface area contributed by atoms with Crippen molar-refractivity contribution in [3.8, 4) is 0 Å². The zero-order valence-electron chi connectivity index (χ0n) is 11.4. The molecular weight excluding hydrogens is 243 g/mol. The maximum absolute atomic E-state index is 12.1. The van der Waals surface area contributed by atoms with Crippen LogP contribution in [0.3, 0.4) is 0 Å². The molecule has 2 nitrogen and oxygen atoms in total. The Balaban J connectivity index is 2.32. The van der Waals surface area contributed by atoms with Gasteiger partial charge in [-0.3, -0.25) is 0 Å². The first-order valence-corrected chi connectivity index (χ1v) is 6.72. The van der Waals surface area contributed by atoms with Crippen molar-refractivity contribution in [3.05, 3.63) is 0 Å². The van der Waals surface area contributed by atoms with E-state index in [-0.39, 0.29) is 12.1 Å². The zero-order chi connectivity index (χ0) is 13.8. The number of hydrogen-bond acceptors (Lipinski definition) is 2. The zero-order valence-corrected chi connectivity index (χ0v) is 11.4. The smallest absolute Gasteiger partial charge is 0.369 e. The van der Waals surface area contributed by atoms with Crippen molar-refractivity contribution < 1.29 is 17.9 Å². The first kappa shape index (κ1) is 15.8. The molecule has 1 rings (SSSR count). The van der Waals surface area contributed by atoms with Crippen molar-refractivity contribution in [3.63, 3.8) is 0 Å². The van der Waals surface area contributed by atoms with E-state index in [1.54, 1.807) is 0 Å². The lowest BCUT2D eigenvalue weighted by atomic mass is 9.91. The average molecular weight is 267 g/mol. The molecule has 0 aromatic carbocycles. The van der Waals surface area contributed by atoms with Crippen LogP contribution in [0.5, 0.6) is 0 Å². The van der Waals surface area contributed by atoms with E-state index < -0.39 is 12.8 Å². The lowest BCUT2D eigenvalue weighted by Crippen LogP contribution is -2.44. The molecule has 0 spiro atoms. The molecule has 1 N–H and O–H groups in total. The molecule has 108 valence electrons. The highest BCUT2D eigenvalue weighted by atomic mass is 19.4. The Morgan fingerprint density at radius 2 is 1.89 bits per heavy atom. The molecule has 0 amide bonds. The van der Waals surface area contributed by atoms with Gasteiger partial charge in [-0.15, -0.1) is 0 Å². The molecular formula is C13H24F3NO. The van der Waals surface area contributed by atoms with E-state index in [0.717, 1.165) is 19.3 Å². The molecule has 0 bridgehead atoms. The summed E-state index contributed by atoms with van der Waals surface area (Å²) in [5, 5.41) is 3.48. The fraction of sp³-hybridized carbons (Fsp3) is 1.00. The van der Waals surface area contributed by atoms with Crippen LogP contribution in [0.1, 0.15) is 46.5 Å². The van der Waals surface area contributed by atoms with Gasteiger partial charge in [0.25, 0.3) is 0 Å². The van der Waals surface area contributed by atoms with E-state index in [1.165, 1.54) is 0 Å². The number of rotatable bonds is 5. The summed E-state index contributed by atoms with van der Waals surface area (Å²) in [5.74, 6) is 0.529. The van der Waals surface area contributed by atoms with Gasteiger partial charge in [-0.05, 0) is 38.5 Å². The summed E-state index contributed by atoms with van der Waals surface area (Å²) in [6, 6.07) is 0.672. The van der Waals surface area contributed by atoms with E-state index in [9.17, 15) is 13.2 Å². The van der Waals surface area contributed by atoms with Crippen molar-refractivity contribution in [1.82, 2.24) is 5.32 Å². The maximum atomic E-state index is 12.1. The molecule has 1 fully saturated rings. The van der Waals surface area contributed by atoms with E-state index in [2.05, 4.69) is 26.1 Å². The summed E-state index contributed by atoms with van der Waals surface area (Å²) in [7, 11) is 0. The molecule has 1 aliphatic carbocycles. The number of halogens is 3. The molecule has 1 saturated carbocycles. The molecule has 0 aromatic heterocycles. The minimum Gasteiger partial charge on any atom is -0.369 e. The Morgan fingerprint density at radius 3 is 2.44 bits per heavy atom. The van der Waals surface area contributed by atoms with Crippen LogP contribution in [0.2, 0.25) is 0 Å². The van der Waals surface area contributed by atoms with Gasteiger partial charge in [0.05, 0.1) is 6.10 Å². The van der Waals surface area contributed by atoms with Crippen LogP contribution in [0, 0.1) is 5.92 Å². The van der Waals surface area contributed by atoms with Gasteiger partial charge in [0.1, 0.15) is 6.61 Å². The second-order valence-corrected chi connectivity index (χ2v) is 5.61. The molecule has 0 saturated heterocycles. The van der Waals surface area contributed by atoms with Gasteiger partial charge < -0.3 is 10.1 Å². The molecule has 1 aliphatic rings. The van der Waals surface area contributed by atoms with Gasteiger partial charge in [0.2, 0.25) is 0 Å². The van der Waals surface area contributed by atoms with Crippen LogP contribution in [-0.4, -0.2) is 31.0 Å². The Bertz CT molecular complexity index is 243. The molecule has 0 radical (unpaired) electrons. The second-order valence-electron chi connectivity index (χ2n) is 5.61. The molecule has 0 aliphatic heterocycles. The number of ether oxygens (including phenoxy) is 1. The summed E-state index contributed by atoms with van der Waals surface area (Å²) in [4.78, 5) is 0. The molecule has 0 heterocycles. The summed E-state index contributed by atoms with van der Waals surface area (Å²) >= 11 is 0. The van der Waals surface area contributed by atoms with Crippen LogP contribution in [-0.2, 0) is 4.74 Å². The van der Waals surface area contributed by atoms with Gasteiger partial charge in [0.15, 0.2) is 0 Å². The summed E-state index contributed by atoms with van der Waals surface area (Å²) in [6.45, 7) is 5.27. The van der Waals surface area contributed by atoms with Crippen LogP contribution >= 0.6 is 0 Å². The topological polar surface area (TPSA) is 21.3 Å². The molecule has 5 heteroatoms. The van der Waals surface area contributed by atoms with Gasteiger partial charge in [-0.1, -0.05) is 13.8 Å². The predicted octanol–water partition coefficient (Wildman–Crippen LogP) is 3.51. The summed E-state index contributed by atoms with van der Waals surface area (Å²) in [6.07, 6.45) is -1.07. The Labute approximate surface area is 107 Å². The van der Waals surface area contributed by atoms with Crippen LogP contribution in [0.15, 0.2) is 0 Å². The van der Waals surface area contributed by atoms with E-state index in [1.807, 2.05) is 0 Å². The lowest BCUT2D eigenvalue weighted by molar-refractivity contribution is -0.188. The van der Waals surface area contributed by atoms with Crippen LogP contribution < -0.4 is 5.32 Å². The third kappa shape index (κ3) is 6.05. The highest BCUT2D eigenvalue weighted by molar-refractivity contribution is 4.81. The van der Waals surface area contributed by atoms with E-state index >= 15 is 0 Å². The van der Waals surface area contributed by atoms with Crippen molar-refractivity contribution >= 4 is 0 Å². The monoisotopic (exact) mass is 267 g/mol. The van der Waals surface area contributed by atoms with Gasteiger partial charge in [0, 0.05) is 12.1 Å². The second kappa shape index (κ2) is 6.75.